The monoisotopic (exact) mass is 346 g/mol. The average molecular weight is 346 g/mol. The third kappa shape index (κ3) is 3.24. The molecule has 4 rings (SSSR count). The molecule has 0 aliphatic heterocycles. The number of benzene rings is 3. The summed E-state index contributed by atoms with van der Waals surface area (Å²) in [6, 6.07) is 20.4. The molecule has 130 valence electrons. The van der Waals surface area contributed by atoms with Crippen LogP contribution in [0.3, 0.4) is 0 Å². The van der Waals surface area contributed by atoms with Gasteiger partial charge in [0, 0.05) is 25.8 Å². The topological polar surface area (TPSA) is 34.0 Å². The van der Waals surface area contributed by atoms with Gasteiger partial charge in [-0.2, -0.15) is 0 Å². The van der Waals surface area contributed by atoms with E-state index in [9.17, 15) is 9.18 Å². The number of nitrogens with zero attached hydrogens (tertiary/aromatic N) is 1. The van der Waals surface area contributed by atoms with Crippen LogP contribution in [0.15, 0.2) is 77.7 Å². The van der Waals surface area contributed by atoms with Gasteiger partial charge < -0.3 is 9.88 Å². The van der Waals surface area contributed by atoms with Crippen molar-refractivity contribution in [2.45, 2.75) is 13.1 Å². The SMILES string of the molecule is O=c1c2c(ccc3ccccc32)ccn1CCNCc1ccc(F)cc1. The van der Waals surface area contributed by atoms with E-state index >= 15 is 0 Å². The third-order valence-corrected chi connectivity index (χ3v) is 4.64. The van der Waals surface area contributed by atoms with Gasteiger partial charge in [0.25, 0.3) is 5.56 Å². The molecule has 0 radical (unpaired) electrons. The largest absolute Gasteiger partial charge is 0.314 e. The van der Waals surface area contributed by atoms with Crippen LogP contribution in [0, 0.1) is 5.82 Å². The summed E-state index contributed by atoms with van der Waals surface area (Å²) in [4.78, 5) is 12.9. The van der Waals surface area contributed by atoms with Crippen molar-refractivity contribution < 1.29 is 4.39 Å². The van der Waals surface area contributed by atoms with Crippen molar-refractivity contribution in [2.24, 2.45) is 0 Å². The Kier molecular flexibility index (Phi) is 4.50. The molecule has 0 bridgehead atoms. The molecule has 0 amide bonds. The van der Waals surface area contributed by atoms with Crippen LogP contribution >= 0.6 is 0 Å². The molecule has 4 heteroatoms. The molecule has 0 saturated heterocycles. The molecular weight excluding hydrogens is 327 g/mol. The van der Waals surface area contributed by atoms with E-state index in [0.717, 1.165) is 27.1 Å². The highest BCUT2D eigenvalue weighted by Gasteiger charge is 2.06. The average Bonchev–Trinajstić information content (AvgIpc) is 2.67. The van der Waals surface area contributed by atoms with Gasteiger partial charge in [-0.1, -0.05) is 48.5 Å². The maximum absolute atomic E-state index is 12.9. The molecule has 1 N–H and O–H groups in total. The quantitative estimate of drug-likeness (QED) is 0.436. The number of pyridine rings is 1. The highest BCUT2D eigenvalue weighted by atomic mass is 19.1. The lowest BCUT2D eigenvalue weighted by molar-refractivity contribution is 0.586. The van der Waals surface area contributed by atoms with Gasteiger partial charge in [-0.15, -0.1) is 0 Å². The third-order valence-electron chi connectivity index (χ3n) is 4.64. The zero-order chi connectivity index (χ0) is 17.9. The highest BCUT2D eigenvalue weighted by molar-refractivity contribution is 6.06. The molecule has 0 saturated carbocycles. The van der Waals surface area contributed by atoms with Crippen LogP contribution in [0.4, 0.5) is 4.39 Å². The Morgan fingerprint density at radius 2 is 1.65 bits per heavy atom. The van der Waals surface area contributed by atoms with Crippen LogP contribution in [-0.2, 0) is 13.1 Å². The van der Waals surface area contributed by atoms with Crippen LogP contribution in [0.1, 0.15) is 5.56 Å². The van der Waals surface area contributed by atoms with Gasteiger partial charge >= 0.3 is 0 Å². The van der Waals surface area contributed by atoms with Gasteiger partial charge in [0.15, 0.2) is 0 Å². The zero-order valence-corrected chi connectivity index (χ0v) is 14.3. The molecule has 1 aromatic heterocycles. The van der Waals surface area contributed by atoms with Crippen LogP contribution in [0.2, 0.25) is 0 Å². The summed E-state index contributed by atoms with van der Waals surface area (Å²) in [5.41, 5.74) is 1.05. The number of hydrogen-bond donors (Lipinski definition) is 1. The Morgan fingerprint density at radius 1 is 0.885 bits per heavy atom. The predicted molar refractivity (Wildman–Crippen MR) is 104 cm³/mol. The first kappa shape index (κ1) is 16.5. The van der Waals surface area contributed by atoms with Gasteiger partial charge in [0.2, 0.25) is 0 Å². The van der Waals surface area contributed by atoms with Crippen molar-refractivity contribution in [3.63, 3.8) is 0 Å². The Morgan fingerprint density at radius 3 is 2.50 bits per heavy atom. The molecule has 0 unspecified atom stereocenters. The summed E-state index contributed by atoms with van der Waals surface area (Å²) in [5.74, 6) is -0.233. The van der Waals surface area contributed by atoms with E-state index in [1.165, 1.54) is 12.1 Å². The molecule has 0 atom stereocenters. The van der Waals surface area contributed by atoms with E-state index in [0.29, 0.717) is 19.6 Å². The van der Waals surface area contributed by atoms with Crippen molar-refractivity contribution in [1.82, 2.24) is 9.88 Å². The molecule has 0 aliphatic rings. The van der Waals surface area contributed by atoms with Crippen molar-refractivity contribution in [1.29, 1.82) is 0 Å². The molecule has 4 aromatic rings. The number of nitrogens with one attached hydrogen (secondary N) is 1. The Bertz CT molecular complexity index is 1120. The van der Waals surface area contributed by atoms with Crippen LogP contribution < -0.4 is 10.9 Å². The minimum atomic E-state index is -0.233. The van der Waals surface area contributed by atoms with E-state index in [-0.39, 0.29) is 11.4 Å². The smallest absolute Gasteiger partial charge is 0.259 e. The van der Waals surface area contributed by atoms with E-state index < -0.39 is 0 Å². The summed E-state index contributed by atoms with van der Waals surface area (Å²) < 4.78 is 14.7. The maximum Gasteiger partial charge on any atom is 0.259 e. The lowest BCUT2D eigenvalue weighted by atomic mass is 10.0. The second-order valence-electron chi connectivity index (χ2n) is 6.37. The molecule has 0 spiro atoms. The first-order valence-corrected chi connectivity index (χ1v) is 8.68. The second kappa shape index (κ2) is 7.10. The molecule has 0 fully saturated rings. The fourth-order valence-corrected chi connectivity index (χ4v) is 3.26. The first-order chi connectivity index (χ1) is 12.7. The zero-order valence-electron chi connectivity index (χ0n) is 14.3. The van der Waals surface area contributed by atoms with Gasteiger partial charge in [-0.05, 0) is 39.9 Å². The second-order valence-corrected chi connectivity index (χ2v) is 6.37. The highest BCUT2D eigenvalue weighted by Crippen LogP contribution is 2.22. The number of hydrogen-bond acceptors (Lipinski definition) is 2. The lowest BCUT2D eigenvalue weighted by Gasteiger charge is -2.10. The number of rotatable bonds is 5. The maximum atomic E-state index is 12.9. The molecule has 0 aliphatic carbocycles. The van der Waals surface area contributed by atoms with E-state index in [2.05, 4.69) is 5.32 Å². The van der Waals surface area contributed by atoms with Crippen molar-refractivity contribution in [3.8, 4) is 0 Å². The number of fused-ring (bicyclic) bond motifs is 3. The molecule has 3 nitrogen and oxygen atoms in total. The number of aromatic nitrogens is 1. The van der Waals surface area contributed by atoms with E-state index in [1.807, 2.05) is 48.7 Å². The van der Waals surface area contributed by atoms with Gasteiger partial charge in [0.1, 0.15) is 5.82 Å². The van der Waals surface area contributed by atoms with Gasteiger partial charge in [-0.3, -0.25) is 4.79 Å². The van der Waals surface area contributed by atoms with Crippen molar-refractivity contribution in [3.05, 3.63) is 94.7 Å². The molecule has 1 heterocycles. The van der Waals surface area contributed by atoms with Crippen molar-refractivity contribution >= 4 is 21.5 Å². The lowest BCUT2D eigenvalue weighted by Crippen LogP contribution is -2.26. The van der Waals surface area contributed by atoms with Crippen LogP contribution in [-0.4, -0.2) is 11.1 Å². The minimum Gasteiger partial charge on any atom is -0.314 e. The summed E-state index contributed by atoms with van der Waals surface area (Å²) in [7, 11) is 0. The summed E-state index contributed by atoms with van der Waals surface area (Å²) >= 11 is 0. The Balaban J connectivity index is 1.53. The molecule has 26 heavy (non-hydrogen) atoms. The molecule has 3 aromatic carbocycles. The van der Waals surface area contributed by atoms with Gasteiger partial charge in [-0.25, -0.2) is 4.39 Å². The molecular formula is C22H19FN2O. The Hall–Kier alpha value is -2.98. The Labute approximate surface area is 150 Å². The summed E-state index contributed by atoms with van der Waals surface area (Å²) in [6.07, 6.45) is 1.85. The van der Waals surface area contributed by atoms with Crippen LogP contribution in [0.25, 0.3) is 21.5 Å². The van der Waals surface area contributed by atoms with E-state index in [4.69, 9.17) is 0 Å². The minimum absolute atomic E-state index is 0.0304. The summed E-state index contributed by atoms with van der Waals surface area (Å²) in [6.45, 7) is 1.89. The fraction of sp³-hybridized carbons (Fsp3) is 0.136. The standard InChI is InChI=1S/C22H19FN2O/c23-19-9-5-16(6-10-19)15-24-12-14-25-13-11-18-8-7-17-3-1-2-4-20(17)21(18)22(25)26/h1-11,13,24H,12,14-15H2. The fourth-order valence-electron chi connectivity index (χ4n) is 3.26. The van der Waals surface area contributed by atoms with Crippen molar-refractivity contribution in [2.75, 3.05) is 6.54 Å². The first-order valence-electron chi connectivity index (χ1n) is 8.68. The van der Waals surface area contributed by atoms with E-state index in [1.54, 1.807) is 16.7 Å². The van der Waals surface area contributed by atoms with Crippen LogP contribution in [0.5, 0.6) is 0 Å². The van der Waals surface area contributed by atoms with Gasteiger partial charge in [0.05, 0.1) is 5.39 Å². The normalized spacial score (nSPS) is 11.3. The number of halogens is 1. The summed E-state index contributed by atoms with van der Waals surface area (Å²) in [5, 5.41) is 7.09. The predicted octanol–water partition coefficient (Wildman–Crippen LogP) is 4.08.